The maximum absolute atomic E-state index is 12.7. The van der Waals surface area contributed by atoms with E-state index in [2.05, 4.69) is 0 Å². The smallest absolute Gasteiger partial charge is 0.238 e. The Hall–Kier alpha value is -0.850. The molecular weight excluding hydrogens is 221 g/mol. The standard InChI is InChI=1S/C6H5ClFNO3S/c7-4-1-3(13(9,11)12)2-5(8)6(4)10/h1-2,10H,(H2,9,11,12). The Morgan fingerprint density at radius 1 is 1.46 bits per heavy atom. The summed E-state index contributed by atoms with van der Waals surface area (Å²) in [6.07, 6.45) is 0. The number of hydrogen-bond acceptors (Lipinski definition) is 3. The van der Waals surface area contributed by atoms with E-state index >= 15 is 0 Å². The monoisotopic (exact) mass is 225 g/mol. The molecule has 4 nitrogen and oxygen atoms in total. The van der Waals surface area contributed by atoms with Crippen molar-refractivity contribution in [2.75, 3.05) is 0 Å². The summed E-state index contributed by atoms with van der Waals surface area (Å²) in [6, 6.07) is 1.46. The zero-order valence-electron chi connectivity index (χ0n) is 6.16. The van der Waals surface area contributed by atoms with Gasteiger partial charge in [-0.25, -0.2) is 17.9 Å². The van der Waals surface area contributed by atoms with Crippen LogP contribution in [0.3, 0.4) is 0 Å². The molecule has 13 heavy (non-hydrogen) atoms. The number of benzene rings is 1. The van der Waals surface area contributed by atoms with Crippen LogP contribution in [-0.2, 0) is 10.0 Å². The van der Waals surface area contributed by atoms with Gasteiger partial charge in [0.2, 0.25) is 10.0 Å². The lowest BCUT2D eigenvalue weighted by molar-refractivity contribution is 0.431. The zero-order chi connectivity index (χ0) is 10.2. The predicted molar refractivity (Wildman–Crippen MR) is 44.4 cm³/mol. The molecule has 0 bridgehead atoms. The quantitative estimate of drug-likeness (QED) is 0.743. The average molecular weight is 226 g/mol. The molecule has 1 aromatic carbocycles. The van der Waals surface area contributed by atoms with Crippen molar-refractivity contribution in [3.05, 3.63) is 23.0 Å². The minimum Gasteiger partial charge on any atom is -0.504 e. The number of phenols is 1. The van der Waals surface area contributed by atoms with Crippen LogP contribution in [0.5, 0.6) is 5.75 Å². The van der Waals surface area contributed by atoms with Crippen LogP contribution in [0, 0.1) is 5.82 Å². The molecule has 0 saturated heterocycles. The molecule has 0 saturated carbocycles. The third-order valence-corrected chi connectivity index (χ3v) is 2.50. The fourth-order valence-electron chi connectivity index (χ4n) is 0.707. The third-order valence-electron chi connectivity index (χ3n) is 1.32. The van der Waals surface area contributed by atoms with Crippen LogP contribution >= 0.6 is 11.6 Å². The molecule has 1 aromatic rings. The molecule has 0 aromatic heterocycles. The van der Waals surface area contributed by atoms with Crippen LogP contribution in [0.15, 0.2) is 17.0 Å². The number of sulfonamides is 1. The van der Waals surface area contributed by atoms with Gasteiger partial charge in [0.15, 0.2) is 11.6 Å². The summed E-state index contributed by atoms with van der Waals surface area (Å²) in [7, 11) is -4.00. The molecule has 0 unspecified atom stereocenters. The van der Waals surface area contributed by atoms with E-state index in [1.54, 1.807) is 0 Å². The van der Waals surface area contributed by atoms with Gasteiger partial charge < -0.3 is 5.11 Å². The SMILES string of the molecule is NS(=O)(=O)c1cc(F)c(O)c(Cl)c1. The number of phenolic OH excluding ortho intramolecular Hbond substituents is 1. The lowest BCUT2D eigenvalue weighted by Gasteiger charge is -2.01. The van der Waals surface area contributed by atoms with Crippen LogP contribution in [0.2, 0.25) is 5.02 Å². The molecule has 0 aliphatic heterocycles. The van der Waals surface area contributed by atoms with Crippen molar-refractivity contribution in [2.45, 2.75) is 4.90 Å². The van der Waals surface area contributed by atoms with E-state index in [0.717, 1.165) is 6.07 Å². The fraction of sp³-hybridized carbons (Fsp3) is 0. The van der Waals surface area contributed by atoms with Crippen LogP contribution in [0.25, 0.3) is 0 Å². The maximum Gasteiger partial charge on any atom is 0.238 e. The van der Waals surface area contributed by atoms with E-state index in [0.29, 0.717) is 6.07 Å². The second-order valence-corrected chi connectivity index (χ2v) is 4.25. The van der Waals surface area contributed by atoms with Gasteiger partial charge in [-0.3, -0.25) is 0 Å². The molecule has 0 radical (unpaired) electrons. The van der Waals surface area contributed by atoms with Gasteiger partial charge in [0.1, 0.15) is 0 Å². The highest BCUT2D eigenvalue weighted by Crippen LogP contribution is 2.28. The van der Waals surface area contributed by atoms with Crippen molar-refractivity contribution in [2.24, 2.45) is 5.14 Å². The average Bonchev–Trinajstić information content (AvgIpc) is 1.97. The Morgan fingerprint density at radius 2 is 2.00 bits per heavy atom. The van der Waals surface area contributed by atoms with E-state index < -0.39 is 31.5 Å². The molecule has 0 aliphatic carbocycles. The summed E-state index contributed by atoms with van der Waals surface area (Å²) in [5.41, 5.74) is 0. The van der Waals surface area contributed by atoms with Crippen molar-refractivity contribution in [3.8, 4) is 5.75 Å². The van der Waals surface area contributed by atoms with E-state index in [1.807, 2.05) is 0 Å². The van der Waals surface area contributed by atoms with Gasteiger partial charge in [-0.1, -0.05) is 11.6 Å². The molecule has 0 fully saturated rings. The van der Waals surface area contributed by atoms with Gasteiger partial charge in [-0.05, 0) is 12.1 Å². The number of aromatic hydroxyl groups is 1. The summed E-state index contributed by atoms with van der Waals surface area (Å²) >= 11 is 5.32. The molecule has 7 heteroatoms. The first kappa shape index (κ1) is 10.2. The van der Waals surface area contributed by atoms with E-state index in [1.165, 1.54) is 0 Å². The lowest BCUT2D eigenvalue weighted by Crippen LogP contribution is -2.12. The van der Waals surface area contributed by atoms with Gasteiger partial charge in [-0.15, -0.1) is 0 Å². The molecular formula is C6H5ClFNO3S. The Kier molecular flexibility index (Phi) is 2.47. The largest absolute Gasteiger partial charge is 0.504 e. The summed E-state index contributed by atoms with van der Waals surface area (Å²) in [6.45, 7) is 0. The topological polar surface area (TPSA) is 80.4 Å². The molecule has 0 aliphatic rings. The summed E-state index contributed by atoms with van der Waals surface area (Å²) in [5.74, 6) is -1.93. The molecule has 0 heterocycles. The Morgan fingerprint density at radius 3 is 2.38 bits per heavy atom. The van der Waals surface area contributed by atoms with Gasteiger partial charge in [0.25, 0.3) is 0 Å². The van der Waals surface area contributed by atoms with Gasteiger partial charge in [0.05, 0.1) is 9.92 Å². The second kappa shape index (κ2) is 3.13. The maximum atomic E-state index is 12.7. The summed E-state index contributed by atoms with van der Waals surface area (Å²) < 4.78 is 34.2. The minimum atomic E-state index is -4.00. The number of rotatable bonds is 1. The highest BCUT2D eigenvalue weighted by Gasteiger charge is 2.14. The lowest BCUT2D eigenvalue weighted by atomic mass is 10.3. The number of halogens is 2. The summed E-state index contributed by atoms with van der Waals surface area (Å²) in [4.78, 5) is -0.479. The van der Waals surface area contributed by atoms with Crippen molar-refractivity contribution in [1.29, 1.82) is 0 Å². The molecule has 0 atom stereocenters. The first-order valence-corrected chi connectivity index (χ1v) is 4.95. The highest BCUT2D eigenvalue weighted by molar-refractivity contribution is 7.89. The highest BCUT2D eigenvalue weighted by atomic mass is 35.5. The van der Waals surface area contributed by atoms with Gasteiger partial charge in [0, 0.05) is 0 Å². The normalized spacial score (nSPS) is 11.6. The molecule has 1 rings (SSSR count). The molecule has 3 N–H and O–H groups in total. The minimum absolute atomic E-state index is 0.399. The first-order valence-electron chi connectivity index (χ1n) is 3.03. The van der Waals surface area contributed by atoms with E-state index in [-0.39, 0.29) is 0 Å². The first-order chi connectivity index (χ1) is 5.82. The van der Waals surface area contributed by atoms with Crippen molar-refractivity contribution in [3.63, 3.8) is 0 Å². The van der Waals surface area contributed by atoms with Crippen LogP contribution < -0.4 is 5.14 Å². The predicted octanol–water partition coefficient (Wildman–Crippen LogP) is 0.832. The Labute approximate surface area is 78.8 Å². The van der Waals surface area contributed by atoms with Crippen LogP contribution in [-0.4, -0.2) is 13.5 Å². The molecule has 0 amide bonds. The summed E-state index contributed by atoms with van der Waals surface area (Å²) in [5, 5.41) is 13.2. The number of primary sulfonamides is 1. The molecule has 72 valence electrons. The van der Waals surface area contributed by atoms with Gasteiger partial charge >= 0.3 is 0 Å². The fourth-order valence-corrected chi connectivity index (χ4v) is 1.53. The second-order valence-electron chi connectivity index (χ2n) is 2.28. The molecule has 0 spiro atoms. The number of nitrogens with two attached hydrogens (primary N) is 1. The Bertz CT molecular complexity index is 422. The Balaban J connectivity index is 3.47. The third kappa shape index (κ3) is 2.09. The van der Waals surface area contributed by atoms with Crippen molar-refractivity contribution < 1.29 is 17.9 Å². The van der Waals surface area contributed by atoms with Crippen LogP contribution in [0.1, 0.15) is 0 Å². The zero-order valence-corrected chi connectivity index (χ0v) is 7.73. The van der Waals surface area contributed by atoms with Gasteiger partial charge in [-0.2, -0.15) is 0 Å². The van der Waals surface area contributed by atoms with E-state index in [4.69, 9.17) is 21.8 Å². The van der Waals surface area contributed by atoms with Crippen molar-refractivity contribution in [1.82, 2.24) is 0 Å². The van der Waals surface area contributed by atoms with E-state index in [9.17, 15) is 12.8 Å². The number of hydrogen-bond donors (Lipinski definition) is 2. The van der Waals surface area contributed by atoms with Crippen LogP contribution in [0.4, 0.5) is 4.39 Å². The van der Waals surface area contributed by atoms with Crippen molar-refractivity contribution >= 4 is 21.6 Å².